The highest BCUT2D eigenvalue weighted by Crippen LogP contribution is 2.61. The second-order valence-corrected chi connectivity index (χ2v) is 8.89. The Kier molecular flexibility index (Phi) is 4.39. The minimum Gasteiger partial charge on any atom is -0.487 e. The van der Waals surface area contributed by atoms with Crippen molar-refractivity contribution >= 4 is 17.5 Å². The zero-order valence-corrected chi connectivity index (χ0v) is 17.6. The van der Waals surface area contributed by atoms with Crippen molar-refractivity contribution in [3.63, 3.8) is 0 Å². The Morgan fingerprint density at radius 3 is 2.48 bits per heavy atom. The molecule has 4 heterocycles. The van der Waals surface area contributed by atoms with Crippen LogP contribution in [0.3, 0.4) is 0 Å². The number of hydrogen-bond acceptors (Lipinski definition) is 6. The summed E-state index contributed by atoms with van der Waals surface area (Å²) in [6, 6.07) is 11.0. The molecule has 33 heavy (non-hydrogen) atoms. The Bertz CT molecular complexity index is 1210. The second kappa shape index (κ2) is 6.78. The molecular formula is C23H18F3N3O4. The molecule has 0 saturated carbocycles. The van der Waals surface area contributed by atoms with Crippen molar-refractivity contribution in [2.45, 2.75) is 43.8 Å². The number of alkyl halides is 3. The second-order valence-electron chi connectivity index (χ2n) is 8.89. The van der Waals surface area contributed by atoms with Gasteiger partial charge in [-0.15, -0.1) is 0 Å². The fraction of sp³-hybridized carbons (Fsp3) is 0.391. The topological polar surface area (TPSA) is 92.5 Å². The third-order valence-electron chi connectivity index (χ3n) is 6.83. The Morgan fingerprint density at radius 2 is 1.85 bits per heavy atom. The van der Waals surface area contributed by atoms with Gasteiger partial charge in [0.2, 0.25) is 11.8 Å². The lowest BCUT2D eigenvalue weighted by molar-refractivity contribution is -0.138. The van der Waals surface area contributed by atoms with Crippen LogP contribution in [-0.2, 0) is 20.5 Å². The summed E-state index contributed by atoms with van der Waals surface area (Å²) in [7, 11) is 0. The molecule has 3 aliphatic heterocycles. The van der Waals surface area contributed by atoms with Crippen molar-refractivity contribution in [2.24, 2.45) is 11.8 Å². The van der Waals surface area contributed by atoms with Crippen LogP contribution in [0, 0.1) is 23.2 Å². The Hall–Kier alpha value is -3.45. The van der Waals surface area contributed by atoms with Crippen LogP contribution in [0.25, 0.3) is 0 Å². The number of nitrogens with zero attached hydrogens (tertiary/aromatic N) is 3. The van der Waals surface area contributed by atoms with E-state index in [9.17, 15) is 22.8 Å². The molecule has 3 aliphatic rings. The normalized spacial score (nSPS) is 32.7. The number of nitriles is 1. The van der Waals surface area contributed by atoms with Crippen LogP contribution >= 0.6 is 0 Å². The Morgan fingerprint density at radius 1 is 1.18 bits per heavy atom. The van der Waals surface area contributed by atoms with Crippen molar-refractivity contribution in [3.05, 3.63) is 53.9 Å². The number of anilines is 1. The van der Waals surface area contributed by atoms with Crippen LogP contribution in [0.2, 0.25) is 0 Å². The molecule has 0 spiro atoms. The first-order chi connectivity index (χ1) is 15.5. The Labute approximate surface area is 186 Å². The van der Waals surface area contributed by atoms with Gasteiger partial charge in [-0.3, -0.25) is 9.59 Å². The van der Waals surface area contributed by atoms with Gasteiger partial charge in [0.25, 0.3) is 0 Å². The number of para-hydroxylation sites is 1. The van der Waals surface area contributed by atoms with Gasteiger partial charge in [0.05, 0.1) is 34.9 Å². The van der Waals surface area contributed by atoms with Crippen LogP contribution < -0.4 is 9.64 Å². The molecule has 3 fully saturated rings. The minimum atomic E-state index is -4.87. The maximum atomic E-state index is 13.4. The molecule has 5 rings (SSSR count). The highest BCUT2D eigenvalue weighted by atomic mass is 19.4. The summed E-state index contributed by atoms with van der Waals surface area (Å²) in [5, 5.41) is 8.98. The SMILES string of the molecule is C[C@@]12O[C@@](C)(C[C@H]1Oc1ccccc1)[C@@H]1C(=O)N(c3cnc(C#N)c(C(F)(F)F)c3)C(=O)[C@@H]12. The maximum absolute atomic E-state index is 13.4. The molecule has 0 N–H and O–H groups in total. The molecule has 170 valence electrons. The number of halogens is 3. The van der Waals surface area contributed by atoms with Crippen LogP contribution in [0.5, 0.6) is 5.75 Å². The summed E-state index contributed by atoms with van der Waals surface area (Å²) in [5.41, 5.74) is -4.62. The third-order valence-corrected chi connectivity index (χ3v) is 6.83. The molecule has 10 heteroatoms. The number of aromatic nitrogens is 1. The predicted molar refractivity (Wildman–Crippen MR) is 107 cm³/mol. The van der Waals surface area contributed by atoms with Gasteiger partial charge >= 0.3 is 6.18 Å². The predicted octanol–water partition coefficient (Wildman–Crippen LogP) is 3.48. The van der Waals surface area contributed by atoms with Gasteiger partial charge < -0.3 is 9.47 Å². The maximum Gasteiger partial charge on any atom is 0.419 e. The van der Waals surface area contributed by atoms with E-state index in [1.54, 1.807) is 38.1 Å². The van der Waals surface area contributed by atoms with Gasteiger partial charge in [0, 0.05) is 6.42 Å². The number of ether oxygens (including phenoxy) is 2. The first-order valence-corrected chi connectivity index (χ1v) is 10.3. The van der Waals surface area contributed by atoms with Crippen molar-refractivity contribution < 1.29 is 32.2 Å². The number of benzene rings is 1. The van der Waals surface area contributed by atoms with Crippen molar-refractivity contribution in [1.82, 2.24) is 4.98 Å². The van der Waals surface area contributed by atoms with E-state index in [2.05, 4.69) is 4.98 Å². The van der Waals surface area contributed by atoms with Gasteiger partial charge in [-0.05, 0) is 32.0 Å². The fourth-order valence-corrected chi connectivity index (χ4v) is 5.45. The highest BCUT2D eigenvalue weighted by molar-refractivity contribution is 6.23. The largest absolute Gasteiger partial charge is 0.487 e. The molecule has 2 aromatic rings. The molecule has 2 amide bonds. The van der Waals surface area contributed by atoms with Crippen LogP contribution in [0.15, 0.2) is 42.6 Å². The number of carbonyl (C=O) groups is 2. The first kappa shape index (κ1) is 21.4. The number of fused-ring (bicyclic) bond motifs is 5. The zero-order chi connectivity index (χ0) is 23.8. The van der Waals surface area contributed by atoms with E-state index in [1.165, 1.54) is 6.07 Å². The molecule has 0 unspecified atom stereocenters. The smallest absolute Gasteiger partial charge is 0.419 e. The van der Waals surface area contributed by atoms with Crippen molar-refractivity contribution in [3.8, 4) is 11.8 Å². The number of pyridine rings is 1. The van der Waals surface area contributed by atoms with Crippen LogP contribution in [-0.4, -0.2) is 34.1 Å². The Balaban J connectivity index is 1.52. The lowest BCUT2D eigenvalue weighted by Gasteiger charge is -2.35. The quantitative estimate of drug-likeness (QED) is 0.656. The van der Waals surface area contributed by atoms with Crippen molar-refractivity contribution in [1.29, 1.82) is 5.26 Å². The van der Waals surface area contributed by atoms with E-state index >= 15 is 0 Å². The van der Waals surface area contributed by atoms with Crippen LogP contribution in [0.1, 0.15) is 31.5 Å². The number of carbonyl (C=O) groups excluding carboxylic acids is 2. The molecule has 2 bridgehead atoms. The molecule has 0 radical (unpaired) electrons. The van der Waals surface area contributed by atoms with E-state index in [1.807, 2.05) is 6.07 Å². The van der Waals surface area contributed by atoms with E-state index in [4.69, 9.17) is 14.7 Å². The van der Waals surface area contributed by atoms with Gasteiger partial charge in [0.15, 0.2) is 5.69 Å². The first-order valence-electron chi connectivity index (χ1n) is 10.3. The van der Waals surface area contributed by atoms with E-state index in [0.29, 0.717) is 18.2 Å². The zero-order valence-electron chi connectivity index (χ0n) is 17.6. The molecule has 7 nitrogen and oxygen atoms in total. The van der Waals surface area contributed by atoms with Crippen molar-refractivity contribution in [2.75, 3.05) is 4.90 Å². The van der Waals surface area contributed by atoms with Gasteiger partial charge in [-0.25, -0.2) is 9.88 Å². The number of amides is 2. The molecule has 1 aromatic heterocycles. The van der Waals surface area contributed by atoms with Gasteiger partial charge in [0.1, 0.15) is 23.5 Å². The molecule has 0 aliphatic carbocycles. The van der Waals surface area contributed by atoms with E-state index < -0.39 is 58.4 Å². The van der Waals surface area contributed by atoms with Gasteiger partial charge in [-0.2, -0.15) is 18.4 Å². The molecule has 3 saturated heterocycles. The van der Waals surface area contributed by atoms with E-state index in [-0.39, 0.29) is 5.69 Å². The minimum absolute atomic E-state index is 0.321. The summed E-state index contributed by atoms with van der Waals surface area (Å²) in [6.45, 7) is 3.42. The lowest BCUT2D eigenvalue weighted by atomic mass is 9.67. The molecule has 1 aromatic carbocycles. The standard InChI is InChI=1S/C23H18F3N3O4/c1-21-9-16(32-13-6-4-3-5-7-13)22(2,33-21)18-17(21)19(30)29(20(18)31)12-8-14(23(24,25)26)15(10-27)28-11-12/h3-8,11,16-18H,9H2,1-2H3/t16-,17+,18-,21+,22-/m1/s1. The monoisotopic (exact) mass is 457 g/mol. The lowest BCUT2D eigenvalue weighted by Crippen LogP contribution is -2.51. The summed E-state index contributed by atoms with van der Waals surface area (Å²) in [5.74, 6) is -2.52. The fourth-order valence-electron chi connectivity index (χ4n) is 5.45. The average molecular weight is 457 g/mol. The number of imide groups is 1. The summed E-state index contributed by atoms with van der Waals surface area (Å²) < 4.78 is 52.6. The number of rotatable bonds is 3. The summed E-state index contributed by atoms with van der Waals surface area (Å²) in [4.78, 5) is 31.1. The molecular weight excluding hydrogens is 439 g/mol. The molecule has 5 atom stereocenters. The van der Waals surface area contributed by atoms with Crippen LogP contribution in [0.4, 0.5) is 18.9 Å². The van der Waals surface area contributed by atoms with Gasteiger partial charge in [-0.1, -0.05) is 18.2 Å². The number of hydrogen-bond donors (Lipinski definition) is 0. The summed E-state index contributed by atoms with van der Waals surface area (Å²) in [6.07, 6.45) is -4.13. The summed E-state index contributed by atoms with van der Waals surface area (Å²) >= 11 is 0. The third kappa shape index (κ3) is 2.95. The highest BCUT2D eigenvalue weighted by Gasteiger charge is 2.76. The average Bonchev–Trinajstić information content (AvgIpc) is 3.28. The van der Waals surface area contributed by atoms with E-state index in [0.717, 1.165) is 11.1 Å².